The Morgan fingerprint density at radius 3 is 2.21 bits per heavy atom. The highest BCUT2D eigenvalue weighted by Gasteiger charge is 2.11. The molecule has 116 valence electrons. The second-order valence-corrected chi connectivity index (χ2v) is 5.82. The molecule has 0 bridgehead atoms. The van der Waals surface area contributed by atoms with Gasteiger partial charge in [0.1, 0.15) is 5.75 Å². The third kappa shape index (κ3) is 2.86. The van der Waals surface area contributed by atoms with E-state index in [1.807, 2.05) is 54.6 Å². The van der Waals surface area contributed by atoms with Crippen molar-refractivity contribution in [3.63, 3.8) is 0 Å². The Kier molecular flexibility index (Phi) is 3.72. The summed E-state index contributed by atoms with van der Waals surface area (Å²) < 4.78 is 6.09. The van der Waals surface area contributed by atoms with Crippen molar-refractivity contribution in [1.82, 2.24) is 4.98 Å². The van der Waals surface area contributed by atoms with Crippen molar-refractivity contribution in [2.45, 2.75) is 6.92 Å². The fourth-order valence-electron chi connectivity index (χ4n) is 2.78. The quantitative estimate of drug-likeness (QED) is 0.463. The highest BCUT2D eigenvalue weighted by atomic mass is 16.5. The van der Waals surface area contributed by atoms with Crippen molar-refractivity contribution in [2.24, 2.45) is 0 Å². The first kappa shape index (κ1) is 14.5. The van der Waals surface area contributed by atoms with Crippen LogP contribution in [0.1, 0.15) is 5.56 Å². The van der Waals surface area contributed by atoms with Gasteiger partial charge < -0.3 is 4.74 Å². The maximum atomic E-state index is 6.09. The van der Waals surface area contributed by atoms with E-state index >= 15 is 0 Å². The standard InChI is InChI=1S/C22H17NO/c1-16-12-13-21-18(14-16)15-20(17-8-4-2-5-9-17)22(23-21)24-19-10-6-3-7-11-19/h2-15H,1H3. The van der Waals surface area contributed by atoms with Gasteiger partial charge in [0.2, 0.25) is 5.88 Å². The molecular weight excluding hydrogens is 294 g/mol. The zero-order valence-corrected chi connectivity index (χ0v) is 13.4. The Balaban J connectivity index is 1.90. The molecule has 0 fully saturated rings. The molecule has 4 aromatic rings. The second-order valence-electron chi connectivity index (χ2n) is 5.82. The van der Waals surface area contributed by atoms with Crippen LogP contribution in [0.3, 0.4) is 0 Å². The van der Waals surface area contributed by atoms with Crippen LogP contribution in [0.25, 0.3) is 22.0 Å². The Hall–Kier alpha value is -3.13. The first-order valence-electron chi connectivity index (χ1n) is 7.99. The summed E-state index contributed by atoms with van der Waals surface area (Å²) in [4.78, 5) is 4.77. The van der Waals surface area contributed by atoms with E-state index in [-0.39, 0.29) is 0 Å². The summed E-state index contributed by atoms with van der Waals surface area (Å²) in [5.74, 6) is 1.41. The van der Waals surface area contributed by atoms with Crippen LogP contribution < -0.4 is 4.74 Å². The lowest BCUT2D eigenvalue weighted by atomic mass is 10.0. The van der Waals surface area contributed by atoms with Gasteiger partial charge in [0, 0.05) is 10.9 Å². The molecule has 0 spiro atoms. The molecule has 24 heavy (non-hydrogen) atoms. The van der Waals surface area contributed by atoms with Crippen molar-refractivity contribution < 1.29 is 4.74 Å². The highest BCUT2D eigenvalue weighted by Crippen LogP contribution is 2.34. The third-order valence-corrected chi connectivity index (χ3v) is 3.98. The number of para-hydroxylation sites is 1. The molecule has 0 saturated heterocycles. The molecule has 0 N–H and O–H groups in total. The highest BCUT2D eigenvalue weighted by molar-refractivity contribution is 5.86. The summed E-state index contributed by atoms with van der Waals surface area (Å²) in [6, 6.07) is 28.4. The van der Waals surface area contributed by atoms with E-state index in [4.69, 9.17) is 9.72 Å². The summed E-state index contributed by atoms with van der Waals surface area (Å²) in [5.41, 5.74) is 4.25. The van der Waals surface area contributed by atoms with Gasteiger partial charge in [0.15, 0.2) is 0 Å². The minimum Gasteiger partial charge on any atom is -0.438 e. The number of ether oxygens (including phenoxy) is 1. The number of fused-ring (bicyclic) bond motifs is 1. The van der Waals surface area contributed by atoms with E-state index in [0.29, 0.717) is 5.88 Å². The van der Waals surface area contributed by atoms with Crippen LogP contribution in [0.4, 0.5) is 0 Å². The minimum atomic E-state index is 0.628. The first-order valence-corrected chi connectivity index (χ1v) is 7.99. The Morgan fingerprint density at radius 2 is 1.46 bits per heavy atom. The number of hydrogen-bond acceptors (Lipinski definition) is 2. The summed E-state index contributed by atoms with van der Waals surface area (Å²) in [6.45, 7) is 2.09. The number of aryl methyl sites for hydroxylation is 1. The Bertz CT molecular complexity index is 979. The molecule has 4 rings (SSSR count). The first-order chi connectivity index (χ1) is 11.8. The lowest BCUT2D eigenvalue weighted by Crippen LogP contribution is -1.93. The van der Waals surface area contributed by atoms with Gasteiger partial charge in [0.05, 0.1) is 5.52 Å². The average molecular weight is 311 g/mol. The van der Waals surface area contributed by atoms with Crippen LogP contribution in [-0.4, -0.2) is 4.98 Å². The normalized spacial score (nSPS) is 10.7. The zero-order chi connectivity index (χ0) is 16.4. The van der Waals surface area contributed by atoms with E-state index in [1.54, 1.807) is 0 Å². The number of rotatable bonds is 3. The van der Waals surface area contributed by atoms with Gasteiger partial charge in [-0.25, -0.2) is 4.98 Å². The molecule has 3 aromatic carbocycles. The molecule has 2 heteroatoms. The van der Waals surface area contributed by atoms with Gasteiger partial charge in [-0.2, -0.15) is 0 Å². The number of benzene rings is 3. The topological polar surface area (TPSA) is 22.1 Å². The fourth-order valence-corrected chi connectivity index (χ4v) is 2.78. The van der Waals surface area contributed by atoms with Crippen molar-refractivity contribution in [2.75, 3.05) is 0 Å². The average Bonchev–Trinajstić information content (AvgIpc) is 2.63. The van der Waals surface area contributed by atoms with E-state index in [1.165, 1.54) is 5.56 Å². The van der Waals surface area contributed by atoms with E-state index in [0.717, 1.165) is 27.8 Å². The molecule has 0 aliphatic rings. The number of nitrogens with zero attached hydrogens (tertiary/aromatic N) is 1. The van der Waals surface area contributed by atoms with Gasteiger partial charge in [0.25, 0.3) is 0 Å². The molecule has 0 radical (unpaired) electrons. The van der Waals surface area contributed by atoms with E-state index < -0.39 is 0 Å². The molecule has 0 unspecified atom stereocenters. The van der Waals surface area contributed by atoms with Gasteiger partial charge in [-0.05, 0) is 42.8 Å². The SMILES string of the molecule is Cc1ccc2nc(Oc3ccccc3)c(-c3ccccc3)cc2c1. The van der Waals surface area contributed by atoms with Crippen LogP contribution in [-0.2, 0) is 0 Å². The second kappa shape index (κ2) is 6.17. The van der Waals surface area contributed by atoms with Crippen LogP contribution in [0.15, 0.2) is 84.9 Å². The summed E-state index contributed by atoms with van der Waals surface area (Å²) in [5, 5.41) is 1.12. The summed E-state index contributed by atoms with van der Waals surface area (Å²) in [7, 11) is 0. The van der Waals surface area contributed by atoms with Gasteiger partial charge in [-0.15, -0.1) is 0 Å². The van der Waals surface area contributed by atoms with Crippen molar-refractivity contribution in [3.8, 4) is 22.8 Å². The summed E-state index contributed by atoms with van der Waals surface area (Å²) >= 11 is 0. The largest absolute Gasteiger partial charge is 0.438 e. The van der Waals surface area contributed by atoms with Crippen molar-refractivity contribution >= 4 is 10.9 Å². The van der Waals surface area contributed by atoms with Crippen LogP contribution in [0.5, 0.6) is 11.6 Å². The third-order valence-electron chi connectivity index (χ3n) is 3.98. The monoisotopic (exact) mass is 311 g/mol. The van der Waals surface area contributed by atoms with Gasteiger partial charge in [-0.1, -0.05) is 60.2 Å². The molecule has 0 atom stereocenters. The Morgan fingerprint density at radius 1 is 0.750 bits per heavy atom. The van der Waals surface area contributed by atoms with E-state index in [2.05, 4.69) is 37.3 Å². The number of pyridine rings is 1. The maximum absolute atomic E-state index is 6.09. The lowest BCUT2D eigenvalue weighted by Gasteiger charge is -2.12. The van der Waals surface area contributed by atoms with E-state index in [9.17, 15) is 0 Å². The van der Waals surface area contributed by atoms with Crippen LogP contribution >= 0.6 is 0 Å². The van der Waals surface area contributed by atoms with Crippen molar-refractivity contribution in [3.05, 3.63) is 90.5 Å². The molecule has 0 aliphatic heterocycles. The molecule has 2 nitrogen and oxygen atoms in total. The molecule has 0 amide bonds. The molecule has 1 heterocycles. The minimum absolute atomic E-state index is 0.628. The van der Waals surface area contributed by atoms with Crippen LogP contribution in [0.2, 0.25) is 0 Å². The fraction of sp³-hybridized carbons (Fsp3) is 0.0455. The predicted molar refractivity (Wildman–Crippen MR) is 98.4 cm³/mol. The Labute approximate surface area is 141 Å². The summed E-state index contributed by atoms with van der Waals surface area (Å²) in [6.07, 6.45) is 0. The number of hydrogen-bond donors (Lipinski definition) is 0. The zero-order valence-electron chi connectivity index (χ0n) is 13.4. The van der Waals surface area contributed by atoms with Crippen LogP contribution in [0, 0.1) is 6.92 Å². The smallest absolute Gasteiger partial charge is 0.227 e. The lowest BCUT2D eigenvalue weighted by molar-refractivity contribution is 0.467. The molecule has 0 aliphatic carbocycles. The van der Waals surface area contributed by atoms with Gasteiger partial charge >= 0.3 is 0 Å². The maximum Gasteiger partial charge on any atom is 0.227 e. The van der Waals surface area contributed by atoms with Gasteiger partial charge in [-0.3, -0.25) is 0 Å². The number of aromatic nitrogens is 1. The predicted octanol–water partition coefficient (Wildman–Crippen LogP) is 6.00. The van der Waals surface area contributed by atoms with Crippen molar-refractivity contribution in [1.29, 1.82) is 0 Å². The molecule has 0 saturated carbocycles. The molecular formula is C22H17NO. The molecule has 1 aromatic heterocycles.